The lowest BCUT2D eigenvalue weighted by Crippen LogP contribution is -2.50. The lowest BCUT2D eigenvalue weighted by molar-refractivity contribution is -0.359. The van der Waals surface area contributed by atoms with Crippen LogP contribution in [-0.4, -0.2) is 18.3 Å². The molecular weight excluding hydrogens is 546 g/mol. The Kier molecular flexibility index (Phi) is 7.59. The van der Waals surface area contributed by atoms with Crippen molar-refractivity contribution in [1.29, 1.82) is 0 Å². The zero-order chi connectivity index (χ0) is 28.6. The van der Waals surface area contributed by atoms with Crippen molar-refractivity contribution in [3.8, 4) is 11.5 Å². The summed E-state index contributed by atoms with van der Waals surface area (Å²) >= 11 is 0. The fraction of sp³-hybridized carbons (Fsp3) is 0.250. The molecule has 0 radical (unpaired) electrons. The molecule has 0 aromatic heterocycles. The Morgan fingerprint density at radius 2 is 1.08 bits per heavy atom. The molecule has 0 spiro atoms. The summed E-state index contributed by atoms with van der Waals surface area (Å²) in [5.41, 5.74) is -2.80. The van der Waals surface area contributed by atoms with Crippen LogP contribution in [0.2, 0.25) is 0 Å². The number of anilines is 1. The third-order valence-electron chi connectivity index (χ3n) is 5.16. The zero-order valence-corrected chi connectivity index (χ0v) is 18.6. The summed E-state index contributed by atoms with van der Waals surface area (Å²) in [5.74, 6) is -17.4. The van der Waals surface area contributed by atoms with E-state index in [0.29, 0.717) is 24.3 Å². The molecule has 0 unspecified atom stereocenters. The predicted octanol–water partition coefficient (Wildman–Crippen LogP) is 9.03. The summed E-state index contributed by atoms with van der Waals surface area (Å²) < 4.78 is 162. The van der Waals surface area contributed by atoms with Crippen molar-refractivity contribution in [2.75, 3.05) is 5.32 Å². The highest BCUT2D eigenvalue weighted by atomic mass is 19.4. The molecule has 3 rings (SSSR count). The molecule has 1 N–H and O–H groups in total. The highest BCUT2D eigenvalue weighted by Crippen LogP contribution is 2.52. The van der Waals surface area contributed by atoms with Gasteiger partial charge in [-0.1, -0.05) is 36.4 Å². The van der Waals surface area contributed by atoms with Gasteiger partial charge in [-0.3, -0.25) is 0 Å². The third kappa shape index (κ3) is 5.78. The summed E-state index contributed by atoms with van der Waals surface area (Å²) in [7, 11) is 0. The second-order valence-corrected chi connectivity index (χ2v) is 7.93. The van der Waals surface area contributed by atoms with Crippen molar-refractivity contribution in [2.45, 2.75) is 36.7 Å². The van der Waals surface area contributed by atoms with Gasteiger partial charge in [0.15, 0.2) is 0 Å². The quantitative estimate of drug-likeness (QED) is 0.277. The highest BCUT2D eigenvalue weighted by Gasteiger charge is 2.73. The van der Waals surface area contributed by atoms with Gasteiger partial charge < -0.3 is 10.1 Å². The standard InChI is InChI=1S/C24H15F12NO/c25-20(26,22(29,30)24(34,35)36)15-5-1-4-14(10-15)13-37-17-7-3-9-19(12-17)38-18-8-2-6-16(11-18)21(27,28)23(31,32)33/h1-12,37H,13H2. The van der Waals surface area contributed by atoms with Crippen LogP contribution in [0.4, 0.5) is 58.4 Å². The van der Waals surface area contributed by atoms with Gasteiger partial charge in [-0.25, -0.2) is 0 Å². The molecule has 3 aromatic carbocycles. The minimum atomic E-state index is -6.49. The van der Waals surface area contributed by atoms with Gasteiger partial charge in [-0.05, 0) is 35.9 Å². The van der Waals surface area contributed by atoms with E-state index in [9.17, 15) is 52.7 Å². The second-order valence-electron chi connectivity index (χ2n) is 7.93. The Hall–Kier alpha value is -3.58. The van der Waals surface area contributed by atoms with Crippen LogP contribution in [-0.2, 0) is 18.4 Å². The van der Waals surface area contributed by atoms with Gasteiger partial charge in [0.1, 0.15) is 11.5 Å². The molecule has 0 aliphatic heterocycles. The molecule has 38 heavy (non-hydrogen) atoms. The van der Waals surface area contributed by atoms with E-state index in [1.807, 2.05) is 0 Å². The first-order valence-electron chi connectivity index (χ1n) is 10.3. The average Bonchev–Trinajstić information content (AvgIpc) is 2.82. The molecule has 0 saturated heterocycles. The van der Waals surface area contributed by atoms with Crippen molar-refractivity contribution in [3.63, 3.8) is 0 Å². The van der Waals surface area contributed by atoms with E-state index in [-0.39, 0.29) is 29.3 Å². The maximum Gasteiger partial charge on any atom is 0.460 e. The van der Waals surface area contributed by atoms with Crippen LogP contribution in [0, 0.1) is 0 Å². The molecule has 0 heterocycles. The highest BCUT2D eigenvalue weighted by molar-refractivity contribution is 5.50. The minimum Gasteiger partial charge on any atom is -0.457 e. The molecule has 0 saturated carbocycles. The van der Waals surface area contributed by atoms with Crippen LogP contribution >= 0.6 is 0 Å². The SMILES string of the molecule is FC(F)(F)C(F)(F)c1cccc(Oc2cccc(NCc3cccc(C(F)(F)C(F)(F)C(F)(F)F)c3)c2)c1. The van der Waals surface area contributed by atoms with E-state index >= 15 is 0 Å². The molecule has 2 nitrogen and oxygen atoms in total. The fourth-order valence-electron chi connectivity index (χ4n) is 3.16. The molecule has 14 heteroatoms. The molecule has 3 aromatic rings. The Morgan fingerprint density at radius 3 is 1.66 bits per heavy atom. The van der Waals surface area contributed by atoms with Crippen molar-refractivity contribution in [3.05, 3.63) is 89.5 Å². The second kappa shape index (κ2) is 9.95. The van der Waals surface area contributed by atoms with Crippen LogP contribution in [0.25, 0.3) is 0 Å². The molecular formula is C24H15F12NO. The van der Waals surface area contributed by atoms with Gasteiger partial charge in [-0.2, -0.15) is 52.7 Å². The summed E-state index contributed by atoms with van der Waals surface area (Å²) in [4.78, 5) is 0. The van der Waals surface area contributed by atoms with Gasteiger partial charge in [0.2, 0.25) is 0 Å². The number of rotatable bonds is 8. The van der Waals surface area contributed by atoms with Crippen LogP contribution in [0.15, 0.2) is 72.8 Å². The van der Waals surface area contributed by atoms with Crippen LogP contribution < -0.4 is 10.1 Å². The smallest absolute Gasteiger partial charge is 0.457 e. The summed E-state index contributed by atoms with van der Waals surface area (Å²) in [6, 6.07) is 11.4. The van der Waals surface area contributed by atoms with E-state index in [1.54, 1.807) is 0 Å². The number of ether oxygens (including phenoxy) is 1. The molecule has 0 fully saturated rings. The lowest BCUT2D eigenvalue weighted by Gasteiger charge is -2.28. The van der Waals surface area contributed by atoms with E-state index < -0.39 is 41.2 Å². The van der Waals surface area contributed by atoms with Crippen molar-refractivity contribution in [1.82, 2.24) is 0 Å². The normalized spacial score (nSPS) is 13.4. The van der Waals surface area contributed by atoms with Gasteiger partial charge >= 0.3 is 30.1 Å². The number of halogens is 12. The maximum atomic E-state index is 14.0. The van der Waals surface area contributed by atoms with E-state index in [1.165, 1.54) is 30.3 Å². The topological polar surface area (TPSA) is 21.3 Å². The number of benzene rings is 3. The Labute approximate surface area is 206 Å². The fourth-order valence-corrected chi connectivity index (χ4v) is 3.16. The van der Waals surface area contributed by atoms with Gasteiger partial charge in [0, 0.05) is 29.4 Å². The van der Waals surface area contributed by atoms with Crippen LogP contribution in [0.5, 0.6) is 11.5 Å². The van der Waals surface area contributed by atoms with E-state index in [2.05, 4.69) is 5.32 Å². The molecule has 0 amide bonds. The minimum absolute atomic E-state index is 0.0346. The molecule has 0 bridgehead atoms. The van der Waals surface area contributed by atoms with E-state index in [4.69, 9.17) is 4.74 Å². The number of alkyl halides is 12. The average molecular weight is 561 g/mol. The van der Waals surface area contributed by atoms with Crippen LogP contribution in [0.3, 0.4) is 0 Å². The first-order chi connectivity index (χ1) is 17.4. The third-order valence-corrected chi connectivity index (χ3v) is 5.16. The monoisotopic (exact) mass is 561 g/mol. The predicted molar refractivity (Wildman–Crippen MR) is 112 cm³/mol. The Bertz CT molecular complexity index is 1270. The van der Waals surface area contributed by atoms with Gasteiger partial charge in [0.05, 0.1) is 0 Å². The first-order valence-corrected chi connectivity index (χ1v) is 10.3. The lowest BCUT2D eigenvalue weighted by atomic mass is 9.99. The number of hydrogen-bond acceptors (Lipinski definition) is 2. The summed E-state index contributed by atoms with van der Waals surface area (Å²) in [6.07, 6.45) is -12.3. The molecule has 0 aliphatic carbocycles. The van der Waals surface area contributed by atoms with Crippen molar-refractivity contribution < 1.29 is 57.4 Å². The zero-order valence-electron chi connectivity index (χ0n) is 18.6. The molecule has 206 valence electrons. The van der Waals surface area contributed by atoms with Gasteiger partial charge in [0.25, 0.3) is 0 Å². The number of hydrogen-bond donors (Lipinski definition) is 1. The maximum absolute atomic E-state index is 14.0. The van der Waals surface area contributed by atoms with E-state index in [0.717, 1.165) is 18.2 Å². The van der Waals surface area contributed by atoms with Crippen LogP contribution in [0.1, 0.15) is 16.7 Å². The molecule has 0 atom stereocenters. The Morgan fingerprint density at radius 1 is 0.553 bits per heavy atom. The summed E-state index contributed by atoms with van der Waals surface area (Å²) in [5, 5.41) is 2.69. The van der Waals surface area contributed by atoms with Crippen molar-refractivity contribution >= 4 is 5.69 Å². The Balaban J connectivity index is 1.75. The largest absolute Gasteiger partial charge is 0.460 e. The van der Waals surface area contributed by atoms with Gasteiger partial charge in [-0.15, -0.1) is 0 Å². The first kappa shape index (κ1) is 29.0. The molecule has 0 aliphatic rings. The summed E-state index contributed by atoms with van der Waals surface area (Å²) in [6.45, 7) is -0.321. The number of nitrogens with one attached hydrogen (secondary N) is 1. The van der Waals surface area contributed by atoms with Crippen molar-refractivity contribution in [2.24, 2.45) is 0 Å².